The number of methoxy groups -OCH3 is 2. The number of benzene rings is 1. The molecule has 7 nitrogen and oxygen atoms in total. The van der Waals surface area contributed by atoms with Crippen LogP contribution in [0.1, 0.15) is 43.1 Å². The quantitative estimate of drug-likeness (QED) is 0.523. The Balaban J connectivity index is 2.28. The van der Waals surface area contributed by atoms with Crippen molar-refractivity contribution in [2.75, 3.05) is 27.4 Å². The first-order valence-corrected chi connectivity index (χ1v) is 10.3. The summed E-state index contributed by atoms with van der Waals surface area (Å²) in [4.78, 5) is 24.1. The summed E-state index contributed by atoms with van der Waals surface area (Å²) >= 11 is 0. The molecule has 170 valence electrons. The summed E-state index contributed by atoms with van der Waals surface area (Å²) in [5, 5.41) is 9.43. The summed E-state index contributed by atoms with van der Waals surface area (Å²) in [5.41, 5.74) is -2.67. The summed E-state index contributed by atoms with van der Waals surface area (Å²) in [6.45, 7) is 6.57. The second-order valence-corrected chi connectivity index (χ2v) is 8.92. The Labute approximate surface area is 187 Å². The van der Waals surface area contributed by atoms with Crippen LogP contribution in [0.25, 0.3) is 11.3 Å². The molecule has 0 aliphatic carbocycles. The van der Waals surface area contributed by atoms with Crippen LogP contribution >= 0.6 is 0 Å². The third-order valence-corrected chi connectivity index (χ3v) is 5.96. The minimum Gasteiger partial charge on any atom is -0.493 e. The van der Waals surface area contributed by atoms with Gasteiger partial charge in [0.2, 0.25) is 5.43 Å². The fourth-order valence-corrected chi connectivity index (χ4v) is 3.93. The van der Waals surface area contributed by atoms with E-state index in [9.17, 15) is 14.7 Å². The molecular formula is C23H27BFNO6. The van der Waals surface area contributed by atoms with E-state index in [0.717, 1.165) is 6.20 Å². The fraction of sp³-hybridized carbons (Fsp3) is 0.478. The van der Waals surface area contributed by atoms with Crippen LogP contribution in [0.3, 0.4) is 0 Å². The highest BCUT2D eigenvalue weighted by Crippen LogP contribution is 2.48. The van der Waals surface area contributed by atoms with Gasteiger partial charge in [-0.15, -0.1) is 0 Å². The lowest BCUT2D eigenvalue weighted by Crippen LogP contribution is -2.51. The molecule has 9 heteroatoms. The van der Waals surface area contributed by atoms with Crippen molar-refractivity contribution in [3.8, 4) is 22.8 Å². The van der Waals surface area contributed by atoms with Gasteiger partial charge >= 0.3 is 5.97 Å². The predicted molar refractivity (Wildman–Crippen MR) is 118 cm³/mol. The molecule has 3 rings (SSSR count). The van der Waals surface area contributed by atoms with Crippen LogP contribution in [0.2, 0.25) is 0 Å². The highest BCUT2D eigenvalue weighted by molar-refractivity contribution is 6.15. The van der Waals surface area contributed by atoms with E-state index in [1.807, 2.05) is 20.8 Å². The molecule has 0 amide bonds. The third-order valence-electron chi connectivity index (χ3n) is 5.96. The lowest BCUT2D eigenvalue weighted by atomic mass is 9.56. The Morgan fingerprint density at radius 2 is 1.94 bits per heavy atom. The number of halogens is 1. The van der Waals surface area contributed by atoms with Crippen molar-refractivity contribution in [2.45, 2.75) is 39.1 Å². The monoisotopic (exact) mass is 443 g/mol. The Morgan fingerprint density at radius 3 is 2.50 bits per heavy atom. The van der Waals surface area contributed by atoms with Crippen molar-refractivity contribution >= 4 is 13.8 Å². The standard InChI is InChI=1S/C23H27BFNO6/c1-22(2,3)23(24)11-13-9-17(32-8-6-7-30-4)16(31-5)10-14(13)19-18(25)20(27)15(21(28)29)12-26(19)23/h9-10,12H,6-8,11H2,1-5H3,(H,28,29). The van der Waals surface area contributed by atoms with Crippen molar-refractivity contribution in [3.63, 3.8) is 0 Å². The number of ether oxygens (including phenoxy) is 3. The molecule has 0 saturated heterocycles. The van der Waals surface area contributed by atoms with E-state index in [-0.39, 0.29) is 12.1 Å². The number of rotatable bonds is 7. The molecule has 0 spiro atoms. The zero-order chi connectivity index (χ0) is 23.8. The molecule has 1 atom stereocenters. The summed E-state index contributed by atoms with van der Waals surface area (Å²) in [5.74, 6) is -1.84. The molecule has 2 heterocycles. The van der Waals surface area contributed by atoms with E-state index >= 15 is 4.39 Å². The fourth-order valence-electron chi connectivity index (χ4n) is 3.93. The van der Waals surface area contributed by atoms with E-state index in [4.69, 9.17) is 22.1 Å². The maximum absolute atomic E-state index is 15.4. The molecule has 1 aliphatic heterocycles. The van der Waals surface area contributed by atoms with Gasteiger partial charge in [0, 0.05) is 37.3 Å². The van der Waals surface area contributed by atoms with Crippen molar-refractivity contribution in [3.05, 3.63) is 45.5 Å². The van der Waals surface area contributed by atoms with Crippen molar-refractivity contribution in [2.24, 2.45) is 5.41 Å². The van der Waals surface area contributed by atoms with Gasteiger partial charge < -0.3 is 23.9 Å². The van der Waals surface area contributed by atoms with Crippen molar-refractivity contribution in [1.82, 2.24) is 4.57 Å². The molecule has 0 fully saturated rings. The van der Waals surface area contributed by atoms with Gasteiger partial charge in [0.15, 0.2) is 17.3 Å². The van der Waals surface area contributed by atoms with Gasteiger partial charge in [0.1, 0.15) is 13.4 Å². The van der Waals surface area contributed by atoms with Gasteiger partial charge in [0.05, 0.1) is 19.4 Å². The molecular weight excluding hydrogens is 416 g/mol. The maximum Gasteiger partial charge on any atom is 0.341 e. The lowest BCUT2D eigenvalue weighted by Gasteiger charge is -2.49. The number of hydrogen-bond acceptors (Lipinski definition) is 5. The number of aromatic nitrogens is 1. The highest BCUT2D eigenvalue weighted by atomic mass is 19.1. The molecule has 2 aromatic rings. The van der Waals surface area contributed by atoms with Gasteiger partial charge in [-0.3, -0.25) is 4.79 Å². The first kappa shape index (κ1) is 23.8. The summed E-state index contributed by atoms with van der Waals surface area (Å²) in [6, 6.07) is 3.34. The molecule has 0 bridgehead atoms. The number of hydrogen-bond donors (Lipinski definition) is 1. The second-order valence-electron chi connectivity index (χ2n) is 8.92. The van der Waals surface area contributed by atoms with Crippen LogP contribution < -0.4 is 14.9 Å². The predicted octanol–water partition coefficient (Wildman–Crippen LogP) is 3.20. The first-order valence-electron chi connectivity index (χ1n) is 10.3. The van der Waals surface area contributed by atoms with Gasteiger partial charge in [-0.1, -0.05) is 20.8 Å². The number of carboxylic acid groups (broad SMARTS) is 1. The average Bonchev–Trinajstić information content (AvgIpc) is 2.72. The Bertz CT molecular complexity index is 1110. The van der Waals surface area contributed by atoms with Gasteiger partial charge in [0.25, 0.3) is 0 Å². The second kappa shape index (κ2) is 8.62. The van der Waals surface area contributed by atoms with Crippen LogP contribution in [0.5, 0.6) is 11.5 Å². The molecule has 32 heavy (non-hydrogen) atoms. The zero-order valence-corrected chi connectivity index (χ0v) is 19.0. The Morgan fingerprint density at radius 1 is 1.25 bits per heavy atom. The van der Waals surface area contributed by atoms with Crippen LogP contribution in [0.15, 0.2) is 23.1 Å². The van der Waals surface area contributed by atoms with Crippen LogP contribution in [0, 0.1) is 11.2 Å². The van der Waals surface area contributed by atoms with Gasteiger partial charge in [-0.25, -0.2) is 9.18 Å². The van der Waals surface area contributed by atoms with Crippen LogP contribution in [-0.4, -0.2) is 50.9 Å². The molecule has 1 aromatic carbocycles. The van der Waals surface area contributed by atoms with Gasteiger partial charge in [-0.2, -0.15) is 0 Å². The topological polar surface area (TPSA) is 87.0 Å². The number of carbonyl (C=O) groups is 1. The van der Waals surface area contributed by atoms with Crippen LogP contribution in [-0.2, 0) is 16.6 Å². The Kier molecular flexibility index (Phi) is 6.42. The lowest BCUT2D eigenvalue weighted by molar-refractivity contribution is 0.0692. The Hall–Kier alpha value is -2.81. The molecule has 0 saturated carbocycles. The summed E-state index contributed by atoms with van der Waals surface area (Å²) < 4.78 is 33.1. The smallest absolute Gasteiger partial charge is 0.341 e. The minimum atomic E-state index is -1.51. The zero-order valence-electron chi connectivity index (χ0n) is 19.0. The highest BCUT2D eigenvalue weighted by Gasteiger charge is 2.44. The number of fused-ring (bicyclic) bond motifs is 3. The number of aromatic carboxylic acids is 1. The summed E-state index contributed by atoms with van der Waals surface area (Å²) in [7, 11) is 9.90. The average molecular weight is 443 g/mol. The molecule has 1 aromatic heterocycles. The normalized spacial score (nSPS) is 17.4. The van der Waals surface area contributed by atoms with E-state index in [0.29, 0.717) is 42.3 Å². The third kappa shape index (κ3) is 3.90. The van der Waals surface area contributed by atoms with Crippen molar-refractivity contribution in [1.29, 1.82) is 0 Å². The van der Waals surface area contributed by atoms with Crippen molar-refractivity contribution < 1.29 is 28.5 Å². The summed E-state index contributed by atoms with van der Waals surface area (Å²) in [6.07, 6.45) is 2.07. The number of nitrogens with zero attached hydrogens (tertiary/aromatic N) is 1. The van der Waals surface area contributed by atoms with E-state index in [2.05, 4.69) is 0 Å². The number of carboxylic acids is 1. The number of pyridine rings is 1. The first-order chi connectivity index (χ1) is 15.0. The SMILES string of the molecule is [B]C1(C(C)(C)C)Cc2cc(OCCCOC)c(OC)cc2-c2c(F)c(=O)c(C(=O)O)cn21. The van der Waals surface area contributed by atoms with E-state index in [1.54, 1.807) is 19.2 Å². The largest absolute Gasteiger partial charge is 0.493 e. The van der Waals surface area contributed by atoms with Gasteiger partial charge in [-0.05, 0) is 29.5 Å². The van der Waals surface area contributed by atoms with E-state index < -0.39 is 33.6 Å². The molecule has 1 aliphatic rings. The van der Waals surface area contributed by atoms with E-state index in [1.165, 1.54) is 11.7 Å². The molecule has 1 N–H and O–H groups in total. The molecule has 2 radical (unpaired) electrons. The maximum atomic E-state index is 15.4. The minimum absolute atomic E-state index is 0.0668. The molecule has 1 unspecified atom stereocenters. The van der Waals surface area contributed by atoms with Crippen LogP contribution in [0.4, 0.5) is 4.39 Å².